The predicted octanol–water partition coefficient (Wildman–Crippen LogP) is 5.65. The molecule has 0 aromatic carbocycles. The molecule has 0 aromatic rings. The number of rotatable bonds is 4. The van der Waals surface area contributed by atoms with Crippen LogP contribution in [0.3, 0.4) is 0 Å². The van der Waals surface area contributed by atoms with Gasteiger partial charge in [-0.25, -0.2) is 0 Å². The van der Waals surface area contributed by atoms with Gasteiger partial charge in [0.05, 0.1) is 5.60 Å². The lowest BCUT2D eigenvalue weighted by molar-refractivity contribution is 0.0711. The van der Waals surface area contributed by atoms with Crippen LogP contribution in [-0.2, 0) is 0 Å². The van der Waals surface area contributed by atoms with Crippen LogP contribution in [0.25, 0.3) is 0 Å². The Morgan fingerprint density at radius 3 is 2.57 bits per heavy atom. The first-order valence-corrected chi connectivity index (χ1v) is 8.71. The maximum atomic E-state index is 10.3. The third kappa shape index (κ3) is 3.13. The monoisotopic (exact) mass is 290 g/mol. The highest BCUT2D eigenvalue weighted by molar-refractivity contribution is 5.32. The molecular formula is C20H34O. The summed E-state index contributed by atoms with van der Waals surface area (Å²) in [4.78, 5) is 0. The summed E-state index contributed by atoms with van der Waals surface area (Å²) in [6.45, 7) is 15.4. The predicted molar refractivity (Wildman–Crippen MR) is 91.2 cm³/mol. The topological polar surface area (TPSA) is 20.2 Å². The first kappa shape index (κ1) is 16.8. The second kappa shape index (κ2) is 5.57. The fourth-order valence-corrected chi connectivity index (χ4v) is 4.53. The zero-order valence-electron chi connectivity index (χ0n) is 14.8. The molecule has 0 saturated heterocycles. The van der Waals surface area contributed by atoms with Crippen molar-refractivity contribution in [3.8, 4) is 0 Å². The van der Waals surface area contributed by atoms with Crippen molar-refractivity contribution in [2.45, 2.75) is 85.2 Å². The van der Waals surface area contributed by atoms with Gasteiger partial charge in [0.2, 0.25) is 0 Å². The molecule has 0 spiro atoms. The Bertz CT molecular complexity index is 441. The van der Waals surface area contributed by atoms with Crippen molar-refractivity contribution in [2.24, 2.45) is 16.7 Å². The van der Waals surface area contributed by atoms with E-state index in [2.05, 4.69) is 34.3 Å². The zero-order valence-corrected chi connectivity index (χ0v) is 14.8. The summed E-state index contributed by atoms with van der Waals surface area (Å²) in [6, 6.07) is 0. The summed E-state index contributed by atoms with van der Waals surface area (Å²) in [5, 5.41) is 10.3. The van der Waals surface area contributed by atoms with Gasteiger partial charge < -0.3 is 5.11 Å². The van der Waals surface area contributed by atoms with Crippen molar-refractivity contribution in [1.29, 1.82) is 0 Å². The third-order valence-electron chi connectivity index (χ3n) is 6.60. The number of hydrogen-bond acceptors (Lipinski definition) is 1. The van der Waals surface area contributed by atoms with Gasteiger partial charge in [-0.1, -0.05) is 44.9 Å². The molecule has 120 valence electrons. The highest BCUT2D eigenvalue weighted by Crippen LogP contribution is 2.56. The molecule has 2 aliphatic carbocycles. The van der Waals surface area contributed by atoms with Gasteiger partial charge in [-0.15, -0.1) is 6.58 Å². The molecule has 0 bridgehead atoms. The fourth-order valence-electron chi connectivity index (χ4n) is 4.53. The summed E-state index contributed by atoms with van der Waals surface area (Å²) in [6.07, 6.45) is 10.1. The fraction of sp³-hybridized carbons (Fsp3) is 0.800. The maximum absolute atomic E-state index is 10.3. The van der Waals surface area contributed by atoms with Gasteiger partial charge in [0.25, 0.3) is 0 Å². The molecular weight excluding hydrogens is 256 g/mol. The average molecular weight is 290 g/mol. The van der Waals surface area contributed by atoms with Crippen molar-refractivity contribution < 1.29 is 5.11 Å². The molecule has 1 N–H and O–H groups in total. The Balaban J connectivity index is 2.32. The van der Waals surface area contributed by atoms with E-state index in [1.807, 2.05) is 6.92 Å². The van der Waals surface area contributed by atoms with Gasteiger partial charge in [-0.3, -0.25) is 0 Å². The second-order valence-electron chi connectivity index (χ2n) is 8.61. The van der Waals surface area contributed by atoms with E-state index in [4.69, 9.17) is 0 Å². The van der Waals surface area contributed by atoms with Gasteiger partial charge in [-0.2, -0.15) is 0 Å². The lowest BCUT2D eigenvalue weighted by Gasteiger charge is -2.50. The Morgan fingerprint density at radius 2 is 1.95 bits per heavy atom. The molecule has 0 saturated carbocycles. The zero-order chi connectivity index (χ0) is 15.9. The van der Waals surface area contributed by atoms with Gasteiger partial charge >= 0.3 is 0 Å². The Hall–Kier alpha value is -0.560. The summed E-state index contributed by atoms with van der Waals surface area (Å²) >= 11 is 0. The molecule has 0 amide bonds. The summed E-state index contributed by atoms with van der Waals surface area (Å²) < 4.78 is 0. The van der Waals surface area contributed by atoms with Crippen molar-refractivity contribution in [2.75, 3.05) is 0 Å². The first-order chi connectivity index (χ1) is 9.62. The van der Waals surface area contributed by atoms with Crippen LogP contribution >= 0.6 is 0 Å². The Kier molecular flexibility index (Phi) is 4.46. The quantitative estimate of drug-likeness (QED) is 0.664. The van der Waals surface area contributed by atoms with E-state index >= 15 is 0 Å². The van der Waals surface area contributed by atoms with Crippen molar-refractivity contribution >= 4 is 0 Å². The van der Waals surface area contributed by atoms with Gasteiger partial charge in [0, 0.05) is 0 Å². The molecule has 1 nitrogen and oxygen atoms in total. The lowest BCUT2D eigenvalue weighted by Crippen LogP contribution is -2.39. The number of allylic oxidation sites excluding steroid dienone is 2. The summed E-state index contributed by atoms with van der Waals surface area (Å²) in [5.41, 5.74) is 3.39. The SMILES string of the molecule is C=C[C@](C)(O)CC[C@@]1(C)C2=C(CC[C@@H]1C)C(C)(C)CCC2. The molecule has 2 aliphatic rings. The normalized spacial score (nSPS) is 35.0. The van der Waals surface area contributed by atoms with Gasteiger partial charge in [-0.05, 0) is 68.6 Å². The van der Waals surface area contributed by atoms with E-state index in [0.717, 1.165) is 12.8 Å². The maximum Gasteiger partial charge on any atom is 0.0797 e. The van der Waals surface area contributed by atoms with E-state index in [-0.39, 0.29) is 5.41 Å². The molecule has 3 atom stereocenters. The highest BCUT2D eigenvalue weighted by atomic mass is 16.3. The molecule has 0 unspecified atom stereocenters. The smallest absolute Gasteiger partial charge is 0.0797 e. The number of aliphatic hydroxyl groups is 1. The van der Waals surface area contributed by atoms with E-state index in [0.29, 0.717) is 11.3 Å². The molecule has 0 aliphatic heterocycles. The molecule has 0 aromatic heterocycles. The van der Waals surface area contributed by atoms with Crippen LogP contribution in [0.5, 0.6) is 0 Å². The van der Waals surface area contributed by atoms with Crippen LogP contribution in [0.15, 0.2) is 23.8 Å². The van der Waals surface area contributed by atoms with Crippen LogP contribution in [0.4, 0.5) is 0 Å². The van der Waals surface area contributed by atoms with Gasteiger partial charge in [0.1, 0.15) is 0 Å². The van der Waals surface area contributed by atoms with E-state index in [9.17, 15) is 5.11 Å². The third-order valence-corrected chi connectivity index (χ3v) is 6.60. The van der Waals surface area contributed by atoms with Crippen LogP contribution in [0, 0.1) is 16.7 Å². The van der Waals surface area contributed by atoms with E-state index in [1.165, 1.54) is 32.1 Å². The molecule has 2 rings (SSSR count). The summed E-state index contributed by atoms with van der Waals surface area (Å²) in [7, 11) is 0. The molecule has 1 heteroatoms. The van der Waals surface area contributed by atoms with Crippen LogP contribution < -0.4 is 0 Å². The Morgan fingerprint density at radius 1 is 1.29 bits per heavy atom. The first-order valence-electron chi connectivity index (χ1n) is 8.71. The van der Waals surface area contributed by atoms with Crippen molar-refractivity contribution in [3.63, 3.8) is 0 Å². The Labute approximate surface area is 131 Å². The number of hydrogen-bond donors (Lipinski definition) is 1. The summed E-state index contributed by atoms with van der Waals surface area (Å²) in [5.74, 6) is 0.714. The van der Waals surface area contributed by atoms with Crippen LogP contribution in [-0.4, -0.2) is 10.7 Å². The lowest BCUT2D eigenvalue weighted by atomic mass is 9.55. The minimum Gasteiger partial charge on any atom is -0.386 e. The second-order valence-corrected chi connectivity index (χ2v) is 8.61. The van der Waals surface area contributed by atoms with E-state index < -0.39 is 5.60 Å². The minimum absolute atomic E-state index is 0.262. The average Bonchev–Trinajstić information content (AvgIpc) is 2.41. The van der Waals surface area contributed by atoms with Gasteiger partial charge in [0.15, 0.2) is 0 Å². The molecule has 21 heavy (non-hydrogen) atoms. The largest absolute Gasteiger partial charge is 0.386 e. The van der Waals surface area contributed by atoms with Crippen LogP contribution in [0.2, 0.25) is 0 Å². The van der Waals surface area contributed by atoms with E-state index in [1.54, 1.807) is 17.2 Å². The standard InChI is InChI=1S/C20H34O/c1-7-19(5,21)13-14-20(6)15(2)10-11-16-17(20)9-8-12-18(16,3)4/h7,15,21H,1,8-14H2,2-6H3/t15-,19-,20+/m0/s1. The van der Waals surface area contributed by atoms with Crippen LogP contribution in [0.1, 0.15) is 79.6 Å². The van der Waals surface area contributed by atoms with Crippen molar-refractivity contribution in [1.82, 2.24) is 0 Å². The van der Waals surface area contributed by atoms with Crippen molar-refractivity contribution in [3.05, 3.63) is 23.8 Å². The highest BCUT2D eigenvalue weighted by Gasteiger charge is 2.44. The minimum atomic E-state index is -0.731. The molecule has 0 heterocycles. The molecule has 0 radical (unpaired) electrons. The molecule has 0 fully saturated rings.